The summed E-state index contributed by atoms with van der Waals surface area (Å²) in [5.41, 5.74) is 1.34. The molecule has 2 saturated heterocycles. The normalized spacial score (nSPS) is 21.8. The fourth-order valence-corrected chi connectivity index (χ4v) is 6.63. The van der Waals surface area contributed by atoms with Crippen LogP contribution in [0.5, 0.6) is 0 Å². The first-order valence-electron chi connectivity index (χ1n) is 12.8. The molecule has 2 aliphatic heterocycles. The summed E-state index contributed by atoms with van der Waals surface area (Å²) in [5, 5.41) is 3.05. The molecule has 188 valence electrons. The Balaban J connectivity index is 1.57. The Hall–Kier alpha value is -2.13. The molecule has 1 unspecified atom stereocenters. The van der Waals surface area contributed by atoms with Crippen molar-refractivity contribution in [3.8, 4) is 0 Å². The fourth-order valence-electron chi connectivity index (χ4n) is 5.08. The van der Waals surface area contributed by atoms with E-state index >= 15 is 0 Å². The van der Waals surface area contributed by atoms with Gasteiger partial charge in [-0.05, 0) is 70.6 Å². The maximum Gasteiger partial charge on any atom is 0.243 e. The lowest BCUT2D eigenvalue weighted by atomic mass is 9.96. The monoisotopic (exact) mass is 490 g/mol. The van der Waals surface area contributed by atoms with E-state index in [1.165, 1.54) is 0 Å². The van der Waals surface area contributed by atoms with Crippen LogP contribution in [-0.4, -0.2) is 68.7 Å². The van der Waals surface area contributed by atoms with Gasteiger partial charge in [-0.2, -0.15) is 4.31 Å². The minimum atomic E-state index is -3.61. The molecule has 1 aliphatic carbocycles. The third-order valence-electron chi connectivity index (χ3n) is 7.31. The summed E-state index contributed by atoms with van der Waals surface area (Å²) < 4.78 is 28.1. The SMILES string of the molecule is CCN(CC)c1ccc(S(=O)(=O)N2CCCCC2)cc1NC(=O)C1CCCN(C(=O)C2CC2)C1. The van der Waals surface area contributed by atoms with Crippen LogP contribution in [0.25, 0.3) is 0 Å². The summed E-state index contributed by atoms with van der Waals surface area (Å²) in [6, 6.07) is 5.08. The van der Waals surface area contributed by atoms with E-state index in [2.05, 4.69) is 10.2 Å². The minimum absolute atomic E-state index is 0.144. The van der Waals surface area contributed by atoms with Gasteiger partial charge in [-0.15, -0.1) is 0 Å². The zero-order valence-corrected chi connectivity index (χ0v) is 21.3. The average molecular weight is 491 g/mol. The molecule has 0 spiro atoms. The van der Waals surface area contributed by atoms with E-state index in [1.807, 2.05) is 24.8 Å². The Kier molecular flexibility index (Phi) is 7.82. The van der Waals surface area contributed by atoms with Gasteiger partial charge in [0.25, 0.3) is 0 Å². The molecular weight excluding hydrogens is 452 g/mol. The lowest BCUT2D eigenvalue weighted by molar-refractivity contribution is -0.135. The number of rotatable bonds is 8. The third kappa shape index (κ3) is 5.40. The van der Waals surface area contributed by atoms with Crippen molar-refractivity contribution in [1.29, 1.82) is 0 Å². The Bertz CT molecular complexity index is 998. The lowest BCUT2D eigenvalue weighted by Crippen LogP contribution is -2.44. The van der Waals surface area contributed by atoms with Crippen molar-refractivity contribution in [2.75, 3.05) is 49.5 Å². The molecule has 3 fully saturated rings. The molecule has 2 heterocycles. The second-order valence-corrected chi connectivity index (χ2v) is 11.6. The molecule has 34 heavy (non-hydrogen) atoms. The molecule has 1 N–H and O–H groups in total. The van der Waals surface area contributed by atoms with Gasteiger partial charge in [-0.25, -0.2) is 8.42 Å². The quantitative estimate of drug-likeness (QED) is 0.604. The topological polar surface area (TPSA) is 90.0 Å². The maximum absolute atomic E-state index is 13.3. The van der Waals surface area contributed by atoms with Crippen LogP contribution in [0.1, 0.15) is 58.8 Å². The summed E-state index contributed by atoms with van der Waals surface area (Å²) in [5.74, 6) is -0.110. The van der Waals surface area contributed by atoms with Gasteiger partial charge in [0, 0.05) is 45.2 Å². The van der Waals surface area contributed by atoms with Crippen LogP contribution >= 0.6 is 0 Å². The smallest absolute Gasteiger partial charge is 0.243 e. The summed E-state index contributed by atoms with van der Waals surface area (Å²) in [7, 11) is -3.61. The number of amides is 2. The van der Waals surface area contributed by atoms with E-state index in [0.717, 1.165) is 63.7 Å². The number of sulfonamides is 1. The van der Waals surface area contributed by atoms with Crippen LogP contribution in [0, 0.1) is 11.8 Å². The highest BCUT2D eigenvalue weighted by atomic mass is 32.2. The van der Waals surface area contributed by atoms with E-state index in [1.54, 1.807) is 16.4 Å². The number of carbonyl (C=O) groups excluding carboxylic acids is 2. The van der Waals surface area contributed by atoms with Gasteiger partial charge in [0.1, 0.15) is 0 Å². The summed E-state index contributed by atoms with van der Waals surface area (Å²) in [4.78, 5) is 30.0. The van der Waals surface area contributed by atoms with Gasteiger partial charge in [0.2, 0.25) is 21.8 Å². The third-order valence-corrected chi connectivity index (χ3v) is 9.21. The molecular formula is C25H38N4O4S. The molecule has 0 radical (unpaired) electrons. The van der Waals surface area contributed by atoms with Crippen LogP contribution < -0.4 is 10.2 Å². The van der Waals surface area contributed by atoms with Gasteiger partial charge in [0.05, 0.1) is 22.2 Å². The summed E-state index contributed by atoms with van der Waals surface area (Å²) >= 11 is 0. The molecule has 2 amide bonds. The first-order valence-corrected chi connectivity index (χ1v) is 14.3. The van der Waals surface area contributed by atoms with Crippen molar-refractivity contribution < 1.29 is 18.0 Å². The van der Waals surface area contributed by atoms with Gasteiger partial charge in [0.15, 0.2) is 0 Å². The first kappa shape index (κ1) is 25.0. The van der Waals surface area contributed by atoms with Crippen molar-refractivity contribution >= 4 is 33.2 Å². The molecule has 8 nitrogen and oxygen atoms in total. The zero-order chi connectivity index (χ0) is 24.3. The molecule has 1 aromatic rings. The number of carbonyl (C=O) groups is 2. The predicted molar refractivity (Wildman–Crippen MR) is 133 cm³/mol. The van der Waals surface area contributed by atoms with Crippen LogP contribution in [0.15, 0.2) is 23.1 Å². The second-order valence-electron chi connectivity index (χ2n) is 9.70. The van der Waals surface area contributed by atoms with Crippen molar-refractivity contribution in [3.05, 3.63) is 18.2 Å². The fraction of sp³-hybridized carbons (Fsp3) is 0.680. The highest BCUT2D eigenvalue weighted by molar-refractivity contribution is 7.89. The van der Waals surface area contributed by atoms with Crippen molar-refractivity contribution in [3.63, 3.8) is 0 Å². The molecule has 4 rings (SSSR count). The van der Waals surface area contributed by atoms with Gasteiger partial charge in [-0.3, -0.25) is 9.59 Å². The molecule has 0 bridgehead atoms. The molecule has 1 saturated carbocycles. The number of nitrogens with one attached hydrogen (secondary N) is 1. The zero-order valence-electron chi connectivity index (χ0n) is 20.5. The number of hydrogen-bond acceptors (Lipinski definition) is 5. The van der Waals surface area contributed by atoms with Crippen LogP contribution in [0.4, 0.5) is 11.4 Å². The minimum Gasteiger partial charge on any atom is -0.370 e. The molecule has 1 aromatic carbocycles. The number of hydrogen-bond donors (Lipinski definition) is 1. The second kappa shape index (κ2) is 10.6. The molecule has 9 heteroatoms. The van der Waals surface area contributed by atoms with Crippen LogP contribution in [0.3, 0.4) is 0 Å². The maximum atomic E-state index is 13.3. The van der Waals surface area contributed by atoms with Crippen molar-refractivity contribution in [2.45, 2.75) is 63.7 Å². The van der Waals surface area contributed by atoms with E-state index < -0.39 is 10.0 Å². The van der Waals surface area contributed by atoms with Crippen molar-refractivity contribution in [2.24, 2.45) is 11.8 Å². The molecule has 1 atom stereocenters. The largest absolute Gasteiger partial charge is 0.370 e. The van der Waals surface area contributed by atoms with E-state index in [-0.39, 0.29) is 28.5 Å². The Morgan fingerprint density at radius 2 is 1.68 bits per heavy atom. The van der Waals surface area contributed by atoms with Gasteiger partial charge < -0.3 is 15.1 Å². The Labute approximate surface area is 203 Å². The van der Waals surface area contributed by atoms with Crippen molar-refractivity contribution in [1.82, 2.24) is 9.21 Å². The predicted octanol–water partition coefficient (Wildman–Crippen LogP) is 3.29. The highest BCUT2D eigenvalue weighted by Crippen LogP contribution is 2.34. The number of likely N-dealkylation sites (tertiary alicyclic amines) is 1. The molecule has 0 aromatic heterocycles. The van der Waals surface area contributed by atoms with E-state index in [4.69, 9.17) is 0 Å². The molecule has 3 aliphatic rings. The Morgan fingerprint density at radius 1 is 0.971 bits per heavy atom. The van der Waals surface area contributed by atoms with Crippen LogP contribution in [0.2, 0.25) is 0 Å². The lowest BCUT2D eigenvalue weighted by Gasteiger charge is -2.33. The van der Waals surface area contributed by atoms with E-state index in [9.17, 15) is 18.0 Å². The number of anilines is 2. The highest BCUT2D eigenvalue weighted by Gasteiger charge is 2.37. The standard InChI is InChI=1S/C25H38N4O4S/c1-3-27(4-2)23-13-12-21(34(32,33)29-15-6-5-7-16-29)17-22(23)26-24(30)20-9-8-14-28(18-20)25(31)19-10-11-19/h12-13,17,19-20H,3-11,14-16,18H2,1-2H3,(H,26,30). The number of nitrogens with zero attached hydrogens (tertiary/aromatic N) is 3. The van der Waals surface area contributed by atoms with Gasteiger partial charge >= 0.3 is 0 Å². The Morgan fingerprint density at radius 3 is 2.32 bits per heavy atom. The number of piperidine rings is 2. The average Bonchev–Trinajstić information content (AvgIpc) is 3.71. The van der Waals surface area contributed by atoms with Gasteiger partial charge in [-0.1, -0.05) is 6.42 Å². The van der Waals surface area contributed by atoms with Crippen LogP contribution in [-0.2, 0) is 19.6 Å². The summed E-state index contributed by atoms with van der Waals surface area (Å²) in [6.07, 6.45) is 6.25. The first-order chi connectivity index (χ1) is 16.3. The number of benzene rings is 1. The van der Waals surface area contributed by atoms with E-state index in [0.29, 0.717) is 31.9 Å². The summed E-state index contributed by atoms with van der Waals surface area (Å²) in [6.45, 7) is 7.78.